The van der Waals surface area contributed by atoms with Crippen LogP contribution < -0.4 is 5.32 Å². The summed E-state index contributed by atoms with van der Waals surface area (Å²) in [6, 6.07) is 15.2. The molecule has 0 amide bonds. The van der Waals surface area contributed by atoms with Crippen molar-refractivity contribution in [2.24, 2.45) is 0 Å². The van der Waals surface area contributed by atoms with Gasteiger partial charge in [-0.15, -0.1) is 0 Å². The van der Waals surface area contributed by atoms with Gasteiger partial charge in [-0.2, -0.15) is 5.26 Å². The molecule has 1 unspecified atom stereocenters. The number of hydrogen-bond acceptors (Lipinski definition) is 2. The summed E-state index contributed by atoms with van der Waals surface area (Å²) in [6.07, 6.45) is 0. The van der Waals surface area contributed by atoms with E-state index in [1.54, 1.807) is 18.2 Å². The van der Waals surface area contributed by atoms with Gasteiger partial charge >= 0.3 is 0 Å². The zero-order valence-electron chi connectivity index (χ0n) is 9.40. The number of rotatable bonds is 3. The molecule has 0 saturated carbocycles. The largest absolute Gasteiger partial charge is 0.364 e. The van der Waals surface area contributed by atoms with Crippen molar-refractivity contribution < 1.29 is 4.39 Å². The van der Waals surface area contributed by atoms with Crippen molar-refractivity contribution in [1.29, 1.82) is 5.26 Å². The Labute approximate surface area is 113 Å². The molecule has 18 heavy (non-hydrogen) atoms. The summed E-state index contributed by atoms with van der Waals surface area (Å²) in [5, 5.41) is 12.1. The van der Waals surface area contributed by atoms with Gasteiger partial charge in [-0.25, -0.2) is 4.39 Å². The molecule has 0 aliphatic rings. The summed E-state index contributed by atoms with van der Waals surface area (Å²) in [7, 11) is 0. The van der Waals surface area contributed by atoms with Crippen molar-refractivity contribution >= 4 is 21.6 Å². The Kier molecular flexibility index (Phi) is 3.96. The van der Waals surface area contributed by atoms with E-state index < -0.39 is 6.04 Å². The van der Waals surface area contributed by atoms with Gasteiger partial charge in [0.05, 0.1) is 11.8 Å². The minimum Gasteiger partial charge on any atom is -0.364 e. The monoisotopic (exact) mass is 304 g/mol. The summed E-state index contributed by atoms with van der Waals surface area (Å²) >= 11 is 3.35. The lowest BCUT2D eigenvalue weighted by Gasteiger charge is -2.14. The third-order valence-electron chi connectivity index (χ3n) is 2.48. The number of benzene rings is 2. The van der Waals surface area contributed by atoms with E-state index in [1.165, 1.54) is 6.07 Å². The normalized spacial score (nSPS) is 11.6. The molecule has 0 bridgehead atoms. The highest BCUT2D eigenvalue weighted by atomic mass is 79.9. The lowest BCUT2D eigenvalue weighted by atomic mass is 10.1. The Morgan fingerprint density at radius 2 is 1.94 bits per heavy atom. The number of nitrogens with zero attached hydrogens (tertiary/aromatic N) is 1. The molecule has 1 atom stereocenters. The first-order valence-electron chi connectivity index (χ1n) is 5.37. The average molecular weight is 305 g/mol. The van der Waals surface area contributed by atoms with Gasteiger partial charge < -0.3 is 5.32 Å². The fourth-order valence-electron chi connectivity index (χ4n) is 1.61. The van der Waals surface area contributed by atoms with E-state index in [0.717, 1.165) is 10.0 Å². The van der Waals surface area contributed by atoms with Crippen LogP contribution in [0.15, 0.2) is 53.0 Å². The van der Waals surface area contributed by atoms with Crippen molar-refractivity contribution in [3.63, 3.8) is 0 Å². The Morgan fingerprint density at radius 1 is 1.17 bits per heavy atom. The van der Waals surface area contributed by atoms with Crippen molar-refractivity contribution in [3.05, 3.63) is 64.4 Å². The minimum atomic E-state index is -0.584. The summed E-state index contributed by atoms with van der Waals surface area (Å²) in [6.45, 7) is 0. The lowest BCUT2D eigenvalue weighted by molar-refractivity contribution is 0.629. The first kappa shape index (κ1) is 12.6. The first-order chi connectivity index (χ1) is 8.70. The zero-order valence-corrected chi connectivity index (χ0v) is 11.0. The van der Waals surface area contributed by atoms with Crippen LogP contribution in [0, 0.1) is 17.1 Å². The van der Waals surface area contributed by atoms with E-state index in [1.807, 2.05) is 24.3 Å². The van der Waals surface area contributed by atoms with Crippen molar-refractivity contribution in [2.75, 3.05) is 5.32 Å². The predicted molar refractivity (Wildman–Crippen MR) is 72.5 cm³/mol. The number of nitriles is 1. The van der Waals surface area contributed by atoms with Crippen LogP contribution in [0.4, 0.5) is 10.1 Å². The highest BCUT2D eigenvalue weighted by Gasteiger charge is 2.12. The first-order valence-corrected chi connectivity index (χ1v) is 6.16. The number of hydrogen-bond donors (Lipinski definition) is 1. The molecule has 0 aromatic heterocycles. The van der Waals surface area contributed by atoms with Gasteiger partial charge in [-0.05, 0) is 29.8 Å². The second-order valence-electron chi connectivity index (χ2n) is 3.74. The number of para-hydroxylation sites is 1. The van der Waals surface area contributed by atoms with Crippen molar-refractivity contribution in [3.8, 4) is 6.07 Å². The van der Waals surface area contributed by atoms with Gasteiger partial charge in [0.1, 0.15) is 11.9 Å². The molecule has 0 fully saturated rings. The van der Waals surface area contributed by atoms with Crippen LogP contribution in [0.1, 0.15) is 11.6 Å². The molecule has 2 aromatic rings. The van der Waals surface area contributed by atoms with E-state index in [9.17, 15) is 9.65 Å². The molecule has 0 heterocycles. The summed E-state index contributed by atoms with van der Waals surface area (Å²) in [5.41, 5.74) is 1.11. The second-order valence-corrected chi connectivity index (χ2v) is 4.66. The fourth-order valence-corrected chi connectivity index (χ4v) is 2.03. The van der Waals surface area contributed by atoms with Gasteiger partial charge in [0, 0.05) is 4.47 Å². The molecular formula is C14H10BrFN2. The molecule has 2 rings (SSSR count). The maximum Gasteiger partial charge on any atom is 0.146 e. The van der Waals surface area contributed by atoms with Gasteiger partial charge in [0.2, 0.25) is 0 Å². The summed E-state index contributed by atoms with van der Waals surface area (Å²) in [5.74, 6) is -0.368. The van der Waals surface area contributed by atoms with Gasteiger partial charge in [0.15, 0.2) is 0 Å². The van der Waals surface area contributed by atoms with Gasteiger partial charge in [-0.1, -0.05) is 40.2 Å². The molecule has 4 heteroatoms. The van der Waals surface area contributed by atoms with Crippen LogP contribution in [-0.2, 0) is 0 Å². The molecule has 90 valence electrons. The molecule has 1 N–H and O–H groups in total. The Hall–Kier alpha value is -1.86. The highest BCUT2D eigenvalue weighted by molar-refractivity contribution is 9.10. The van der Waals surface area contributed by atoms with E-state index in [4.69, 9.17) is 0 Å². The maximum atomic E-state index is 13.5. The van der Waals surface area contributed by atoms with Gasteiger partial charge in [0.25, 0.3) is 0 Å². The molecule has 0 radical (unpaired) electrons. The van der Waals surface area contributed by atoms with Crippen LogP contribution in [0.2, 0.25) is 0 Å². The van der Waals surface area contributed by atoms with Crippen molar-refractivity contribution in [2.45, 2.75) is 6.04 Å². The Balaban J connectivity index is 2.26. The topological polar surface area (TPSA) is 35.8 Å². The molecule has 0 aliphatic heterocycles. The molecule has 0 aliphatic carbocycles. The zero-order chi connectivity index (χ0) is 13.0. The van der Waals surface area contributed by atoms with Crippen molar-refractivity contribution in [1.82, 2.24) is 0 Å². The standard InChI is InChI=1S/C14H10BrFN2/c15-11-5-3-4-10(8-11)14(9-17)18-13-7-2-1-6-12(13)16/h1-8,14,18H. The van der Waals surface area contributed by atoms with Crippen LogP contribution >= 0.6 is 15.9 Å². The quantitative estimate of drug-likeness (QED) is 0.919. The van der Waals surface area contributed by atoms with E-state index in [0.29, 0.717) is 5.69 Å². The predicted octanol–water partition coefficient (Wildman–Crippen LogP) is 4.26. The highest BCUT2D eigenvalue weighted by Crippen LogP contribution is 2.23. The Morgan fingerprint density at radius 3 is 2.61 bits per heavy atom. The second kappa shape index (κ2) is 5.65. The smallest absolute Gasteiger partial charge is 0.146 e. The minimum absolute atomic E-state index is 0.323. The Bertz CT molecular complexity index is 592. The molecular weight excluding hydrogens is 295 g/mol. The number of halogens is 2. The molecule has 2 aromatic carbocycles. The molecule has 2 nitrogen and oxygen atoms in total. The average Bonchev–Trinajstić information content (AvgIpc) is 2.38. The fraction of sp³-hybridized carbons (Fsp3) is 0.0714. The van der Waals surface area contributed by atoms with Crippen LogP contribution in [0.3, 0.4) is 0 Å². The molecule has 0 spiro atoms. The number of anilines is 1. The number of nitrogens with one attached hydrogen (secondary N) is 1. The third-order valence-corrected chi connectivity index (χ3v) is 2.98. The van der Waals surface area contributed by atoms with E-state index >= 15 is 0 Å². The van der Waals surface area contributed by atoms with E-state index in [-0.39, 0.29) is 5.82 Å². The molecule has 0 saturated heterocycles. The third kappa shape index (κ3) is 2.88. The maximum absolute atomic E-state index is 13.5. The van der Waals surface area contributed by atoms with Crippen LogP contribution in [-0.4, -0.2) is 0 Å². The van der Waals surface area contributed by atoms with Crippen LogP contribution in [0.5, 0.6) is 0 Å². The van der Waals surface area contributed by atoms with E-state index in [2.05, 4.69) is 27.3 Å². The summed E-state index contributed by atoms with van der Waals surface area (Å²) in [4.78, 5) is 0. The summed E-state index contributed by atoms with van der Waals surface area (Å²) < 4.78 is 14.4. The van der Waals surface area contributed by atoms with Crippen LogP contribution in [0.25, 0.3) is 0 Å². The van der Waals surface area contributed by atoms with Gasteiger partial charge in [-0.3, -0.25) is 0 Å². The SMILES string of the molecule is N#CC(Nc1ccccc1F)c1cccc(Br)c1. The lowest BCUT2D eigenvalue weighted by Crippen LogP contribution is -2.09.